The number of esters is 1. The van der Waals surface area contributed by atoms with E-state index in [0.717, 1.165) is 23.8 Å². The van der Waals surface area contributed by atoms with Crippen molar-refractivity contribution in [3.8, 4) is 0 Å². The van der Waals surface area contributed by atoms with E-state index in [-0.39, 0.29) is 28.1 Å². The van der Waals surface area contributed by atoms with E-state index in [9.17, 15) is 24.8 Å². The van der Waals surface area contributed by atoms with Crippen LogP contribution in [0.15, 0.2) is 71.1 Å². The Kier molecular flexibility index (Phi) is 8.91. The SMILES string of the molecule is CC1=C(C(=O)O)C(c2cc([N+](=O)[O-])ccc2F)C(C(=O)OC(C)C(C)(C)CN(C)Cc2ccccc2)=C(C)N1. The number of benzene rings is 2. The molecule has 2 unspecified atom stereocenters. The molecule has 39 heavy (non-hydrogen) atoms. The first-order valence-corrected chi connectivity index (χ1v) is 12.5. The van der Waals surface area contributed by atoms with Crippen molar-refractivity contribution < 1.29 is 28.7 Å². The van der Waals surface area contributed by atoms with Crippen molar-refractivity contribution in [2.75, 3.05) is 13.6 Å². The summed E-state index contributed by atoms with van der Waals surface area (Å²) in [5.74, 6) is -4.49. The largest absolute Gasteiger partial charge is 0.478 e. The Balaban J connectivity index is 1.92. The molecule has 0 amide bonds. The molecule has 2 atom stereocenters. The summed E-state index contributed by atoms with van der Waals surface area (Å²) in [5, 5.41) is 24.3. The molecule has 0 spiro atoms. The number of halogens is 1. The summed E-state index contributed by atoms with van der Waals surface area (Å²) in [6.45, 7) is 9.99. The summed E-state index contributed by atoms with van der Waals surface area (Å²) in [6.07, 6.45) is -0.612. The monoisotopic (exact) mass is 539 g/mol. The van der Waals surface area contributed by atoms with Crippen molar-refractivity contribution in [1.82, 2.24) is 10.2 Å². The lowest BCUT2D eigenvalue weighted by molar-refractivity contribution is -0.385. The van der Waals surface area contributed by atoms with E-state index < -0.39 is 45.8 Å². The number of dihydropyridines is 1. The van der Waals surface area contributed by atoms with Gasteiger partial charge >= 0.3 is 11.9 Å². The fraction of sp³-hybridized carbons (Fsp3) is 0.379. The molecule has 2 aromatic carbocycles. The smallest absolute Gasteiger partial charge is 0.337 e. The Hall–Kier alpha value is -4.05. The van der Waals surface area contributed by atoms with Gasteiger partial charge in [-0.1, -0.05) is 44.2 Å². The van der Waals surface area contributed by atoms with E-state index in [0.29, 0.717) is 13.1 Å². The molecule has 1 aliphatic heterocycles. The average molecular weight is 540 g/mol. The molecule has 3 rings (SSSR count). The Labute approximate surface area is 227 Å². The van der Waals surface area contributed by atoms with Gasteiger partial charge in [-0.25, -0.2) is 14.0 Å². The average Bonchev–Trinajstić information content (AvgIpc) is 2.83. The third kappa shape index (κ3) is 6.69. The number of rotatable bonds is 10. The first-order chi connectivity index (χ1) is 18.2. The molecular formula is C29H34FN3O6. The number of nitrogens with one attached hydrogen (secondary N) is 1. The molecule has 9 nitrogen and oxygen atoms in total. The van der Waals surface area contributed by atoms with Crippen LogP contribution >= 0.6 is 0 Å². The van der Waals surface area contributed by atoms with Crippen LogP contribution in [0.1, 0.15) is 51.7 Å². The summed E-state index contributed by atoms with van der Waals surface area (Å²) in [4.78, 5) is 38.7. The van der Waals surface area contributed by atoms with E-state index in [1.54, 1.807) is 13.8 Å². The topological polar surface area (TPSA) is 122 Å². The fourth-order valence-electron chi connectivity index (χ4n) is 4.88. The minimum Gasteiger partial charge on any atom is -0.478 e. The zero-order valence-electron chi connectivity index (χ0n) is 22.9. The Morgan fingerprint density at radius 1 is 1.15 bits per heavy atom. The lowest BCUT2D eigenvalue weighted by Gasteiger charge is -2.36. The number of hydrogen-bond acceptors (Lipinski definition) is 7. The van der Waals surface area contributed by atoms with Crippen LogP contribution in [0.4, 0.5) is 10.1 Å². The number of nitro benzene ring substituents is 1. The van der Waals surface area contributed by atoms with Gasteiger partial charge in [0.05, 0.1) is 22.0 Å². The van der Waals surface area contributed by atoms with Gasteiger partial charge in [-0.2, -0.15) is 0 Å². The number of non-ortho nitro benzene ring substituents is 1. The number of hydrogen-bond donors (Lipinski definition) is 2. The van der Waals surface area contributed by atoms with Gasteiger partial charge < -0.3 is 20.1 Å². The van der Waals surface area contributed by atoms with Crippen LogP contribution in [0.5, 0.6) is 0 Å². The van der Waals surface area contributed by atoms with Crippen LogP contribution in [-0.4, -0.2) is 46.6 Å². The van der Waals surface area contributed by atoms with Crippen LogP contribution in [0, 0.1) is 21.3 Å². The molecule has 0 saturated carbocycles. The zero-order valence-corrected chi connectivity index (χ0v) is 22.9. The molecule has 0 bridgehead atoms. The summed E-state index contributed by atoms with van der Waals surface area (Å²) in [6, 6.07) is 12.8. The maximum atomic E-state index is 15.1. The van der Waals surface area contributed by atoms with Gasteiger partial charge in [-0.3, -0.25) is 10.1 Å². The highest BCUT2D eigenvalue weighted by molar-refractivity contribution is 5.99. The fourth-order valence-corrected chi connectivity index (χ4v) is 4.88. The first kappa shape index (κ1) is 29.5. The minimum atomic E-state index is -1.41. The summed E-state index contributed by atoms with van der Waals surface area (Å²) in [5.41, 5.74) is -0.00706. The van der Waals surface area contributed by atoms with Crippen LogP contribution in [0.25, 0.3) is 0 Å². The van der Waals surface area contributed by atoms with Gasteiger partial charge in [0.2, 0.25) is 0 Å². The second kappa shape index (κ2) is 11.8. The third-order valence-electron chi connectivity index (χ3n) is 7.07. The van der Waals surface area contributed by atoms with Crippen molar-refractivity contribution >= 4 is 17.6 Å². The molecule has 0 aliphatic carbocycles. The number of carboxylic acids is 1. The Bertz CT molecular complexity index is 1340. The van der Waals surface area contributed by atoms with Gasteiger partial charge in [0.25, 0.3) is 5.69 Å². The number of allylic oxidation sites excluding steroid dienone is 2. The first-order valence-electron chi connectivity index (χ1n) is 12.5. The van der Waals surface area contributed by atoms with E-state index in [1.165, 1.54) is 6.92 Å². The lowest BCUT2D eigenvalue weighted by atomic mass is 9.80. The van der Waals surface area contributed by atoms with Gasteiger partial charge in [-0.05, 0) is 39.4 Å². The van der Waals surface area contributed by atoms with Gasteiger partial charge in [0.15, 0.2) is 0 Å². The quantitative estimate of drug-likeness (QED) is 0.242. The second-order valence-corrected chi connectivity index (χ2v) is 10.6. The number of carboxylic acid groups (broad SMARTS) is 1. The number of carbonyl (C=O) groups is 2. The number of aliphatic carboxylic acids is 1. The van der Waals surface area contributed by atoms with Crippen LogP contribution in [-0.2, 0) is 20.9 Å². The molecule has 0 fully saturated rings. The molecule has 1 heterocycles. The normalized spacial score (nSPS) is 16.7. The van der Waals surface area contributed by atoms with Gasteiger partial charge in [0.1, 0.15) is 11.9 Å². The molecule has 2 N–H and O–H groups in total. The van der Waals surface area contributed by atoms with E-state index in [1.807, 2.05) is 51.2 Å². The van der Waals surface area contributed by atoms with Gasteiger partial charge in [-0.15, -0.1) is 0 Å². The molecule has 1 aliphatic rings. The predicted octanol–water partition coefficient (Wildman–Crippen LogP) is 5.14. The van der Waals surface area contributed by atoms with Crippen molar-refractivity contribution in [3.05, 3.63) is 98.1 Å². The standard InChI is InChI=1S/C29H34FN3O6/c1-17-24(27(34)35)26(22-14-21(33(37)38)12-13-23(22)30)25(18(2)31-17)28(36)39-19(3)29(4,5)16-32(6)15-20-10-8-7-9-11-20/h7-14,19,26,31H,15-16H2,1-6H3,(H,34,35). The van der Waals surface area contributed by atoms with E-state index in [2.05, 4.69) is 10.2 Å². The minimum absolute atomic E-state index is 0.113. The molecule has 0 saturated heterocycles. The van der Waals surface area contributed by atoms with Crippen molar-refractivity contribution in [1.29, 1.82) is 0 Å². The van der Waals surface area contributed by atoms with Crippen LogP contribution in [0.3, 0.4) is 0 Å². The summed E-state index contributed by atoms with van der Waals surface area (Å²) >= 11 is 0. The van der Waals surface area contributed by atoms with Crippen molar-refractivity contribution in [2.24, 2.45) is 5.41 Å². The predicted molar refractivity (Wildman–Crippen MR) is 144 cm³/mol. The van der Waals surface area contributed by atoms with E-state index in [4.69, 9.17) is 4.74 Å². The van der Waals surface area contributed by atoms with E-state index >= 15 is 4.39 Å². The third-order valence-corrected chi connectivity index (χ3v) is 7.07. The highest BCUT2D eigenvalue weighted by Crippen LogP contribution is 2.41. The Morgan fingerprint density at radius 3 is 2.36 bits per heavy atom. The number of nitrogens with zero attached hydrogens (tertiary/aromatic N) is 2. The van der Waals surface area contributed by atoms with Crippen LogP contribution in [0.2, 0.25) is 0 Å². The van der Waals surface area contributed by atoms with Crippen LogP contribution < -0.4 is 5.32 Å². The van der Waals surface area contributed by atoms with Crippen molar-refractivity contribution in [2.45, 2.75) is 53.2 Å². The molecule has 10 heteroatoms. The molecule has 208 valence electrons. The maximum Gasteiger partial charge on any atom is 0.337 e. The lowest BCUT2D eigenvalue weighted by Crippen LogP contribution is -2.42. The van der Waals surface area contributed by atoms with Crippen molar-refractivity contribution in [3.63, 3.8) is 0 Å². The summed E-state index contributed by atoms with van der Waals surface area (Å²) < 4.78 is 21.0. The zero-order chi connectivity index (χ0) is 29.1. The molecular weight excluding hydrogens is 505 g/mol. The van der Waals surface area contributed by atoms with Gasteiger partial charge in [0, 0.05) is 47.6 Å². The highest BCUT2D eigenvalue weighted by Gasteiger charge is 2.41. The highest BCUT2D eigenvalue weighted by atomic mass is 19.1. The maximum absolute atomic E-state index is 15.1. The summed E-state index contributed by atoms with van der Waals surface area (Å²) in [7, 11) is 1.97. The molecule has 0 radical (unpaired) electrons. The molecule has 0 aromatic heterocycles. The number of carbonyl (C=O) groups excluding carboxylic acids is 1. The number of ether oxygens (including phenoxy) is 1. The molecule has 2 aromatic rings. The second-order valence-electron chi connectivity index (χ2n) is 10.6. The number of nitro groups is 1. The Morgan fingerprint density at radius 2 is 1.77 bits per heavy atom.